The van der Waals surface area contributed by atoms with Gasteiger partial charge in [0.1, 0.15) is 11.6 Å². The van der Waals surface area contributed by atoms with Gasteiger partial charge in [-0.3, -0.25) is 4.79 Å². The number of hydrogen-bond acceptors (Lipinski definition) is 2. The van der Waals surface area contributed by atoms with E-state index in [-0.39, 0.29) is 17.8 Å². The average Bonchev–Trinajstić information content (AvgIpc) is 3.30. The van der Waals surface area contributed by atoms with Crippen molar-refractivity contribution < 1.29 is 13.9 Å². The van der Waals surface area contributed by atoms with E-state index in [1.54, 1.807) is 36.4 Å². The van der Waals surface area contributed by atoms with E-state index in [9.17, 15) is 9.18 Å². The van der Waals surface area contributed by atoms with Gasteiger partial charge in [0, 0.05) is 16.6 Å². The fraction of sp³-hybridized carbons (Fsp3) is 0.235. The highest BCUT2D eigenvalue weighted by molar-refractivity contribution is 6.30. The second-order valence-corrected chi connectivity index (χ2v) is 5.73. The van der Waals surface area contributed by atoms with Crippen LogP contribution >= 0.6 is 11.6 Å². The Morgan fingerprint density at radius 2 is 1.95 bits per heavy atom. The molecule has 5 heteroatoms. The summed E-state index contributed by atoms with van der Waals surface area (Å²) in [5.41, 5.74) is 0.597. The summed E-state index contributed by atoms with van der Waals surface area (Å²) < 4.78 is 18.9. The van der Waals surface area contributed by atoms with E-state index in [1.165, 1.54) is 12.1 Å². The minimum Gasteiger partial charge on any atom is -0.476 e. The van der Waals surface area contributed by atoms with Crippen LogP contribution in [0.5, 0.6) is 5.75 Å². The first-order valence-corrected chi connectivity index (χ1v) is 7.48. The lowest BCUT2D eigenvalue weighted by Gasteiger charge is -2.19. The minimum absolute atomic E-state index is 0.221. The molecule has 0 spiro atoms. The van der Waals surface area contributed by atoms with Crippen LogP contribution in [-0.4, -0.2) is 11.9 Å². The molecule has 0 saturated heterocycles. The first-order valence-electron chi connectivity index (χ1n) is 7.10. The lowest BCUT2D eigenvalue weighted by atomic mass is 10.1. The molecule has 0 heterocycles. The molecule has 0 aromatic heterocycles. The van der Waals surface area contributed by atoms with Gasteiger partial charge in [0.05, 0.1) is 0 Å². The Bertz CT molecular complexity index is 671. The molecule has 3 nitrogen and oxygen atoms in total. The predicted molar refractivity (Wildman–Crippen MR) is 82.4 cm³/mol. The smallest absolute Gasteiger partial charge is 0.266 e. The molecule has 1 saturated carbocycles. The SMILES string of the molecule is O=C(NC1CC1)[C@H](Oc1cccc(Cl)c1)c1ccc(F)cc1. The first-order chi connectivity index (χ1) is 10.6. The molecule has 0 bridgehead atoms. The van der Waals surface area contributed by atoms with E-state index in [4.69, 9.17) is 16.3 Å². The van der Waals surface area contributed by atoms with Crippen molar-refractivity contribution in [1.82, 2.24) is 5.32 Å². The van der Waals surface area contributed by atoms with Crippen LogP contribution in [0.3, 0.4) is 0 Å². The Morgan fingerprint density at radius 3 is 2.59 bits per heavy atom. The van der Waals surface area contributed by atoms with E-state index in [0.717, 1.165) is 12.8 Å². The lowest BCUT2D eigenvalue weighted by Crippen LogP contribution is -2.33. The van der Waals surface area contributed by atoms with Gasteiger partial charge in [0.2, 0.25) is 6.10 Å². The van der Waals surface area contributed by atoms with Gasteiger partial charge in [-0.05, 0) is 43.2 Å². The summed E-state index contributed by atoms with van der Waals surface area (Å²) >= 11 is 5.94. The van der Waals surface area contributed by atoms with Crippen molar-refractivity contribution in [1.29, 1.82) is 0 Å². The quantitative estimate of drug-likeness (QED) is 0.908. The maximum absolute atomic E-state index is 13.1. The fourth-order valence-electron chi connectivity index (χ4n) is 2.09. The monoisotopic (exact) mass is 319 g/mol. The molecule has 2 aromatic carbocycles. The van der Waals surface area contributed by atoms with E-state index < -0.39 is 6.10 Å². The highest BCUT2D eigenvalue weighted by Gasteiger charge is 2.29. The molecule has 22 heavy (non-hydrogen) atoms. The molecule has 1 amide bonds. The maximum atomic E-state index is 13.1. The molecular formula is C17H15ClFNO2. The van der Waals surface area contributed by atoms with Crippen LogP contribution in [0, 0.1) is 5.82 Å². The highest BCUT2D eigenvalue weighted by atomic mass is 35.5. The van der Waals surface area contributed by atoms with Crippen molar-refractivity contribution >= 4 is 17.5 Å². The third-order valence-electron chi connectivity index (χ3n) is 3.38. The molecule has 0 aliphatic heterocycles. The van der Waals surface area contributed by atoms with Crippen molar-refractivity contribution in [2.45, 2.75) is 25.0 Å². The molecule has 1 atom stereocenters. The molecular weight excluding hydrogens is 305 g/mol. The average molecular weight is 320 g/mol. The van der Waals surface area contributed by atoms with E-state index in [1.807, 2.05) is 0 Å². The van der Waals surface area contributed by atoms with Crippen molar-refractivity contribution in [2.75, 3.05) is 0 Å². The van der Waals surface area contributed by atoms with Crippen LogP contribution in [0.2, 0.25) is 5.02 Å². The zero-order valence-corrected chi connectivity index (χ0v) is 12.5. The number of amides is 1. The van der Waals surface area contributed by atoms with Crippen molar-refractivity contribution in [3.8, 4) is 5.75 Å². The zero-order chi connectivity index (χ0) is 15.5. The Morgan fingerprint density at radius 1 is 1.23 bits per heavy atom. The van der Waals surface area contributed by atoms with E-state index >= 15 is 0 Å². The van der Waals surface area contributed by atoms with Crippen molar-refractivity contribution in [3.05, 3.63) is 64.9 Å². The summed E-state index contributed by atoms with van der Waals surface area (Å²) in [7, 11) is 0. The Balaban J connectivity index is 1.84. The molecule has 3 rings (SSSR count). The second-order valence-electron chi connectivity index (χ2n) is 5.29. The van der Waals surface area contributed by atoms with Crippen LogP contribution in [0.25, 0.3) is 0 Å². The van der Waals surface area contributed by atoms with Crippen LogP contribution in [-0.2, 0) is 4.79 Å². The second kappa shape index (κ2) is 6.36. The Labute approximate surface area is 133 Å². The van der Waals surface area contributed by atoms with Crippen LogP contribution in [0.4, 0.5) is 4.39 Å². The molecule has 114 valence electrons. The fourth-order valence-corrected chi connectivity index (χ4v) is 2.27. The van der Waals surface area contributed by atoms with Crippen LogP contribution < -0.4 is 10.1 Å². The molecule has 1 aliphatic carbocycles. The number of hydrogen-bond donors (Lipinski definition) is 1. The number of carbonyl (C=O) groups is 1. The zero-order valence-electron chi connectivity index (χ0n) is 11.8. The molecule has 1 fully saturated rings. The Hall–Kier alpha value is -2.07. The van der Waals surface area contributed by atoms with Crippen LogP contribution in [0.15, 0.2) is 48.5 Å². The number of benzene rings is 2. The number of nitrogens with one attached hydrogen (secondary N) is 1. The first kappa shape index (κ1) is 14.9. The maximum Gasteiger partial charge on any atom is 0.266 e. The molecule has 0 unspecified atom stereocenters. The van der Waals surface area contributed by atoms with Gasteiger partial charge in [-0.15, -0.1) is 0 Å². The molecule has 1 aliphatic rings. The summed E-state index contributed by atoms with van der Waals surface area (Å²) in [6.45, 7) is 0. The number of halogens is 2. The normalized spacial score (nSPS) is 15.2. The third kappa shape index (κ3) is 3.77. The topological polar surface area (TPSA) is 38.3 Å². The van der Waals surface area contributed by atoms with Gasteiger partial charge in [-0.1, -0.05) is 29.8 Å². The van der Waals surface area contributed by atoms with E-state index in [0.29, 0.717) is 16.3 Å². The number of ether oxygens (including phenoxy) is 1. The van der Waals surface area contributed by atoms with Gasteiger partial charge < -0.3 is 10.1 Å². The molecule has 0 radical (unpaired) electrons. The van der Waals surface area contributed by atoms with Gasteiger partial charge >= 0.3 is 0 Å². The number of carbonyl (C=O) groups excluding carboxylic acids is 1. The summed E-state index contributed by atoms with van der Waals surface area (Å²) in [6, 6.07) is 12.8. The van der Waals surface area contributed by atoms with Crippen LogP contribution in [0.1, 0.15) is 24.5 Å². The highest BCUT2D eigenvalue weighted by Crippen LogP contribution is 2.27. The lowest BCUT2D eigenvalue weighted by molar-refractivity contribution is -0.128. The predicted octanol–water partition coefficient (Wildman–Crippen LogP) is 3.88. The van der Waals surface area contributed by atoms with Gasteiger partial charge in [-0.25, -0.2) is 4.39 Å². The summed E-state index contributed by atoms with van der Waals surface area (Å²) in [4.78, 5) is 12.4. The summed E-state index contributed by atoms with van der Waals surface area (Å²) in [5.74, 6) is -0.0882. The molecule has 2 aromatic rings. The largest absolute Gasteiger partial charge is 0.476 e. The third-order valence-corrected chi connectivity index (χ3v) is 3.62. The van der Waals surface area contributed by atoms with Gasteiger partial charge in [0.25, 0.3) is 5.91 Å². The summed E-state index contributed by atoms with van der Waals surface area (Å²) in [5, 5.41) is 3.44. The summed E-state index contributed by atoms with van der Waals surface area (Å²) in [6.07, 6.45) is 1.14. The van der Waals surface area contributed by atoms with Gasteiger partial charge in [-0.2, -0.15) is 0 Å². The minimum atomic E-state index is -0.834. The van der Waals surface area contributed by atoms with Crippen molar-refractivity contribution in [2.24, 2.45) is 0 Å². The van der Waals surface area contributed by atoms with Crippen molar-refractivity contribution in [3.63, 3.8) is 0 Å². The Kier molecular flexibility index (Phi) is 4.29. The van der Waals surface area contributed by atoms with E-state index in [2.05, 4.69) is 5.32 Å². The standard InChI is InChI=1S/C17H15ClFNO2/c18-12-2-1-3-15(10-12)22-16(17(21)20-14-8-9-14)11-4-6-13(19)7-5-11/h1-7,10,14,16H,8-9H2,(H,20,21)/t16-/m1/s1. The van der Waals surface area contributed by atoms with Gasteiger partial charge in [0.15, 0.2) is 0 Å². The number of rotatable bonds is 5. The molecule has 1 N–H and O–H groups in total.